The van der Waals surface area contributed by atoms with Crippen LogP contribution in [0.5, 0.6) is 11.5 Å². The van der Waals surface area contributed by atoms with Crippen molar-refractivity contribution in [3.63, 3.8) is 0 Å². The van der Waals surface area contributed by atoms with E-state index < -0.39 is 36.6 Å². The summed E-state index contributed by atoms with van der Waals surface area (Å²) in [5, 5.41) is 5.63. The summed E-state index contributed by atoms with van der Waals surface area (Å²) in [7, 11) is 1.56. The van der Waals surface area contributed by atoms with Crippen LogP contribution in [0.2, 0.25) is 0 Å². The molecule has 4 rings (SSSR count). The zero-order chi connectivity index (χ0) is 25.0. The van der Waals surface area contributed by atoms with Crippen LogP contribution in [0.4, 0.5) is 13.2 Å². The molecule has 1 aliphatic rings. The van der Waals surface area contributed by atoms with Crippen molar-refractivity contribution in [1.82, 2.24) is 5.01 Å². The van der Waals surface area contributed by atoms with Gasteiger partial charge in [-0.2, -0.15) is 5.10 Å². The lowest BCUT2D eigenvalue weighted by Gasteiger charge is -2.19. The fourth-order valence-corrected chi connectivity index (χ4v) is 3.47. The Hall–Kier alpha value is -4.28. The van der Waals surface area contributed by atoms with Crippen molar-refractivity contribution in [1.29, 1.82) is 0 Å². The minimum atomic E-state index is -4.85. The normalized spacial score (nSPS) is 15.5. The van der Waals surface area contributed by atoms with Crippen LogP contribution >= 0.6 is 0 Å². The highest BCUT2D eigenvalue weighted by molar-refractivity contribution is 6.03. The minimum absolute atomic E-state index is 0.0428. The molecule has 3 aromatic rings. The Morgan fingerprint density at radius 1 is 1.06 bits per heavy atom. The quantitative estimate of drug-likeness (QED) is 0.447. The predicted octanol–water partition coefficient (Wildman–Crippen LogP) is 4.72. The smallest absolute Gasteiger partial charge is 0.497 e. The van der Waals surface area contributed by atoms with Crippen molar-refractivity contribution < 1.29 is 41.4 Å². The van der Waals surface area contributed by atoms with Crippen LogP contribution in [0.15, 0.2) is 76.4 Å². The molecule has 182 valence electrons. The molecule has 0 unspecified atom stereocenters. The van der Waals surface area contributed by atoms with E-state index in [2.05, 4.69) is 9.84 Å². The van der Waals surface area contributed by atoms with Gasteiger partial charge in [-0.1, -0.05) is 0 Å². The molecule has 0 saturated heterocycles. The summed E-state index contributed by atoms with van der Waals surface area (Å²) in [4.78, 5) is 25.2. The molecule has 0 aliphatic carbocycles. The predicted molar refractivity (Wildman–Crippen MR) is 116 cm³/mol. The number of alkyl halides is 3. The Bertz CT molecular complexity index is 1210. The molecule has 0 saturated carbocycles. The average molecular weight is 488 g/mol. The van der Waals surface area contributed by atoms with Crippen LogP contribution in [-0.4, -0.2) is 42.7 Å². The summed E-state index contributed by atoms with van der Waals surface area (Å²) < 4.78 is 56.3. The molecule has 35 heavy (non-hydrogen) atoms. The van der Waals surface area contributed by atoms with Crippen molar-refractivity contribution in [2.75, 3.05) is 13.7 Å². The number of hydrogen-bond donors (Lipinski definition) is 0. The Balaban J connectivity index is 1.44. The molecule has 0 fully saturated rings. The molecule has 0 N–H and O–H groups in total. The number of carbonyl (C=O) groups is 2. The number of furan rings is 1. The maximum absolute atomic E-state index is 12.9. The standard InChI is InChI=1S/C24H19F3N2O6/c1-32-17-8-4-15(5-9-17)19-13-20(21-3-2-12-33-21)29(28-19)22(30)14-34-23(31)16-6-10-18(11-7-16)35-24(25,26)27/h2-12,20H,13-14H2,1H3/t20-/m1/s1. The Morgan fingerprint density at radius 3 is 2.34 bits per heavy atom. The Morgan fingerprint density at radius 2 is 1.74 bits per heavy atom. The second-order valence-electron chi connectivity index (χ2n) is 7.40. The lowest BCUT2D eigenvalue weighted by Crippen LogP contribution is -2.31. The van der Waals surface area contributed by atoms with E-state index in [4.69, 9.17) is 13.9 Å². The topological polar surface area (TPSA) is 90.6 Å². The molecule has 0 bridgehead atoms. The third-order valence-corrected chi connectivity index (χ3v) is 5.11. The van der Waals surface area contributed by atoms with Gasteiger partial charge < -0.3 is 18.6 Å². The lowest BCUT2D eigenvalue weighted by molar-refractivity contribution is -0.274. The zero-order valence-electron chi connectivity index (χ0n) is 18.3. The molecule has 1 aromatic heterocycles. The monoisotopic (exact) mass is 488 g/mol. The number of ether oxygens (including phenoxy) is 3. The molecule has 1 aliphatic heterocycles. The molecule has 1 atom stereocenters. The van der Waals surface area contributed by atoms with Crippen LogP contribution in [0.25, 0.3) is 0 Å². The van der Waals surface area contributed by atoms with Gasteiger partial charge in [0.2, 0.25) is 0 Å². The van der Waals surface area contributed by atoms with E-state index in [9.17, 15) is 22.8 Å². The van der Waals surface area contributed by atoms with Crippen molar-refractivity contribution in [3.05, 3.63) is 83.8 Å². The number of halogens is 3. The van der Waals surface area contributed by atoms with Crippen LogP contribution in [0.1, 0.15) is 34.1 Å². The number of methoxy groups -OCH3 is 1. The van der Waals surface area contributed by atoms with Crippen LogP contribution in [0, 0.1) is 0 Å². The maximum atomic E-state index is 12.9. The Kier molecular flexibility index (Phi) is 6.76. The van der Waals surface area contributed by atoms with Gasteiger partial charge in [0.1, 0.15) is 23.3 Å². The number of hydrazone groups is 1. The SMILES string of the molecule is COc1ccc(C2=NN(C(=O)COC(=O)c3ccc(OC(F)(F)F)cc3)[C@@H](c3ccco3)C2)cc1. The van der Waals surface area contributed by atoms with E-state index in [-0.39, 0.29) is 5.56 Å². The van der Waals surface area contributed by atoms with Gasteiger partial charge >= 0.3 is 12.3 Å². The summed E-state index contributed by atoms with van der Waals surface area (Å²) in [6.07, 6.45) is -2.99. The minimum Gasteiger partial charge on any atom is -0.497 e. The van der Waals surface area contributed by atoms with Gasteiger partial charge in [0.05, 0.1) is 24.6 Å². The van der Waals surface area contributed by atoms with Gasteiger partial charge in [-0.3, -0.25) is 4.79 Å². The first kappa shape index (κ1) is 23.9. The summed E-state index contributed by atoms with van der Waals surface area (Å²) in [5.74, 6) is -0.779. The molecule has 2 aromatic carbocycles. The van der Waals surface area contributed by atoms with E-state index in [1.54, 1.807) is 31.4 Å². The first-order valence-electron chi connectivity index (χ1n) is 10.3. The molecule has 0 spiro atoms. The van der Waals surface area contributed by atoms with E-state index in [0.29, 0.717) is 23.6 Å². The highest BCUT2D eigenvalue weighted by atomic mass is 19.4. The van der Waals surface area contributed by atoms with E-state index in [1.165, 1.54) is 11.3 Å². The summed E-state index contributed by atoms with van der Waals surface area (Å²) in [6.45, 7) is -0.629. The lowest BCUT2D eigenvalue weighted by atomic mass is 10.0. The van der Waals surface area contributed by atoms with E-state index in [0.717, 1.165) is 29.8 Å². The maximum Gasteiger partial charge on any atom is 0.573 e. The van der Waals surface area contributed by atoms with Crippen molar-refractivity contribution in [2.45, 2.75) is 18.8 Å². The number of benzene rings is 2. The second-order valence-corrected chi connectivity index (χ2v) is 7.40. The average Bonchev–Trinajstić information content (AvgIpc) is 3.52. The van der Waals surface area contributed by atoms with Crippen LogP contribution in [0.3, 0.4) is 0 Å². The molecular weight excluding hydrogens is 469 g/mol. The number of esters is 1. The largest absolute Gasteiger partial charge is 0.573 e. The van der Waals surface area contributed by atoms with E-state index in [1.807, 2.05) is 12.1 Å². The van der Waals surface area contributed by atoms with Gasteiger partial charge in [0.15, 0.2) is 6.61 Å². The fraction of sp³-hybridized carbons (Fsp3) is 0.208. The molecular formula is C24H19F3N2O6. The number of amides is 1. The third kappa shape index (κ3) is 5.81. The first-order chi connectivity index (χ1) is 16.7. The number of nitrogens with zero attached hydrogens (tertiary/aromatic N) is 2. The molecule has 1 amide bonds. The third-order valence-electron chi connectivity index (χ3n) is 5.11. The molecule has 11 heteroatoms. The van der Waals surface area contributed by atoms with Crippen molar-refractivity contribution in [3.8, 4) is 11.5 Å². The highest BCUT2D eigenvalue weighted by Gasteiger charge is 2.35. The van der Waals surface area contributed by atoms with Crippen molar-refractivity contribution in [2.24, 2.45) is 5.10 Å². The zero-order valence-corrected chi connectivity index (χ0v) is 18.3. The molecule has 0 radical (unpaired) electrons. The first-order valence-corrected chi connectivity index (χ1v) is 10.3. The van der Waals surface area contributed by atoms with Crippen LogP contribution in [-0.2, 0) is 9.53 Å². The Labute approximate surface area is 197 Å². The second kappa shape index (κ2) is 9.92. The molecule has 2 heterocycles. The van der Waals surface area contributed by atoms with Crippen molar-refractivity contribution >= 4 is 17.6 Å². The van der Waals surface area contributed by atoms with Gasteiger partial charge in [-0.05, 0) is 66.2 Å². The van der Waals surface area contributed by atoms with Gasteiger partial charge in [0, 0.05) is 6.42 Å². The number of rotatable bonds is 7. The van der Waals surface area contributed by atoms with Gasteiger partial charge in [0.25, 0.3) is 5.91 Å². The summed E-state index contributed by atoms with van der Waals surface area (Å²) in [6, 6.07) is 14.2. The fourth-order valence-electron chi connectivity index (χ4n) is 3.47. The summed E-state index contributed by atoms with van der Waals surface area (Å²) >= 11 is 0. The summed E-state index contributed by atoms with van der Waals surface area (Å²) in [5.41, 5.74) is 1.38. The molecule has 8 nitrogen and oxygen atoms in total. The highest BCUT2D eigenvalue weighted by Crippen LogP contribution is 2.33. The number of carbonyl (C=O) groups excluding carboxylic acids is 2. The van der Waals surface area contributed by atoms with Gasteiger partial charge in [-0.15, -0.1) is 13.2 Å². The number of hydrogen-bond acceptors (Lipinski definition) is 7. The van der Waals surface area contributed by atoms with E-state index >= 15 is 0 Å². The van der Waals surface area contributed by atoms with Crippen LogP contribution < -0.4 is 9.47 Å². The van der Waals surface area contributed by atoms with Gasteiger partial charge in [-0.25, -0.2) is 9.80 Å².